The molecule has 1 N–H and O–H groups in total. The van der Waals surface area contributed by atoms with Crippen molar-refractivity contribution >= 4 is 11.9 Å². The third-order valence-electron chi connectivity index (χ3n) is 5.90. The van der Waals surface area contributed by atoms with Crippen molar-refractivity contribution in [2.45, 2.75) is 12.8 Å². The average Bonchev–Trinajstić information content (AvgIpc) is 3.11. The van der Waals surface area contributed by atoms with Crippen LogP contribution in [0.1, 0.15) is 12.0 Å². The molecule has 5 nitrogen and oxygen atoms in total. The molecule has 2 aromatic rings. The lowest BCUT2D eigenvalue weighted by Crippen LogP contribution is -2.45. The van der Waals surface area contributed by atoms with Gasteiger partial charge in [-0.1, -0.05) is 54.6 Å². The molecule has 2 saturated heterocycles. The number of carbonyl (C=O) groups excluding carboxylic acids is 1. The van der Waals surface area contributed by atoms with Crippen LogP contribution in [0.5, 0.6) is 0 Å². The smallest absolute Gasteiger partial charge is 0.311 e. The molecule has 1 amide bonds. The van der Waals surface area contributed by atoms with Crippen molar-refractivity contribution in [3.05, 3.63) is 60.2 Å². The predicted octanol–water partition coefficient (Wildman–Crippen LogP) is 2.85. The van der Waals surface area contributed by atoms with Gasteiger partial charge in [0.1, 0.15) is 0 Å². The Morgan fingerprint density at radius 2 is 1.78 bits per heavy atom. The second-order valence-corrected chi connectivity index (χ2v) is 7.50. The summed E-state index contributed by atoms with van der Waals surface area (Å²) in [6.07, 6.45) is 0.765. The van der Waals surface area contributed by atoms with E-state index in [1.807, 2.05) is 42.5 Å². The van der Waals surface area contributed by atoms with Crippen LogP contribution in [0, 0.1) is 11.3 Å². The van der Waals surface area contributed by atoms with Crippen molar-refractivity contribution in [2.75, 3.05) is 26.3 Å². The van der Waals surface area contributed by atoms with E-state index in [2.05, 4.69) is 12.1 Å². The molecule has 5 heteroatoms. The van der Waals surface area contributed by atoms with Gasteiger partial charge >= 0.3 is 5.97 Å². The molecule has 0 bridgehead atoms. The number of amides is 1. The zero-order valence-electron chi connectivity index (χ0n) is 15.1. The minimum Gasteiger partial charge on any atom is -0.481 e. The minimum atomic E-state index is -0.842. The molecule has 140 valence electrons. The number of aliphatic carboxylic acids is 1. The zero-order chi connectivity index (χ0) is 18.9. The maximum Gasteiger partial charge on any atom is 0.311 e. The van der Waals surface area contributed by atoms with Gasteiger partial charge in [-0.3, -0.25) is 9.59 Å². The van der Waals surface area contributed by atoms with Crippen LogP contribution in [0.2, 0.25) is 0 Å². The predicted molar refractivity (Wildman–Crippen MR) is 101 cm³/mol. The van der Waals surface area contributed by atoms with Gasteiger partial charge in [0.25, 0.3) is 0 Å². The van der Waals surface area contributed by atoms with E-state index in [1.54, 1.807) is 4.90 Å². The molecule has 0 aliphatic carbocycles. The summed E-state index contributed by atoms with van der Waals surface area (Å²) in [7, 11) is 0. The largest absolute Gasteiger partial charge is 0.481 e. The van der Waals surface area contributed by atoms with E-state index in [0.29, 0.717) is 32.6 Å². The molecule has 2 aliphatic heterocycles. The first-order valence-corrected chi connectivity index (χ1v) is 9.32. The maximum atomic E-state index is 12.8. The molecule has 0 spiro atoms. The second-order valence-electron chi connectivity index (χ2n) is 7.50. The number of fused-ring (bicyclic) bond motifs is 1. The Labute approximate surface area is 158 Å². The van der Waals surface area contributed by atoms with Gasteiger partial charge in [-0.05, 0) is 23.1 Å². The number of hydrogen-bond acceptors (Lipinski definition) is 3. The molecule has 2 aromatic carbocycles. The zero-order valence-corrected chi connectivity index (χ0v) is 15.1. The third kappa shape index (κ3) is 3.35. The summed E-state index contributed by atoms with van der Waals surface area (Å²) >= 11 is 0. The second kappa shape index (κ2) is 7.16. The first kappa shape index (κ1) is 17.7. The van der Waals surface area contributed by atoms with Crippen LogP contribution >= 0.6 is 0 Å². The summed E-state index contributed by atoms with van der Waals surface area (Å²) in [6.45, 7) is 1.62. The SMILES string of the molecule is O=C(Cc1ccc(-c2ccccc2)cc1)N1C[C@@H]2COCC[C@]2(C(=O)O)C1. The van der Waals surface area contributed by atoms with Crippen molar-refractivity contribution in [3.8, 4) is 11.1 Å². The molecule has 0 aromatic heterocycles. The molecule has 2 aliphatic rings. The van der Waals surface area contributed by atoms with Crippen LogP contribution < -0.4 is 0 Å². The molecular formula is C22H23NO4. The third-order valence-corrected chi connectivity index (χ3v) is 5.90. The van der Waals surface area contributed by atoms with Crippen LogP contribution in [0.4, 0.5) is 0 Å². The summed E-state index contributed by atoms with van der Waals surface area (Å²) in [5.74, 6) is -0.941. The van der Waals surface area contributed by atoms with E-state index in [0.717, 1.165) is 16.7 Å². The Balaban J connectivity index is 1.44. The van der Waals surface area contributed by atoms with E-state index in [4.69, 9.17) is 4.74 Å². The number of likely N-dealkylation sites (tertiary alicyclic amines) is 1. The number of ether oxygens (including phenoxy) is 1. The summed E-state index contributed by atoms with van der Waals surface area (Å²) in [5, 5.41) is 9.73. The number of nitrogens with zero attached hydrogens (tertiary/aromatic N) is 1. The molecule has 2 heterocycles. The molecule has 2 fully saturated rings. The van der Waals surface area contributed by atoms with Crippen molar-refractivity contribution in [2.24, 2.45) is 11.3 Å². The van der Waals surface area contributed by atoms with E-state index < -0.39 is 11.4 Å². The fourth-order valence-electron chi connectivity index (χ4n) is 4.22. The van der Waals surface area contributed by atoms with Crippen molar-refractivity contribution < 1.29 is 19.4 Å². The fourth-order valence-corrected chi connectivity index (χ4v) is 4.22. The Kier molecular flexibility index (Phi) is 4.70. The Morgan fingerprint density at radius 1 is 1.07 bits per heavy atom. The number of rotatable bonds is 4. The van der Waals surface area contributed by atoms with Crippen LogP contribution in [-0.4, -0.2) is 48.2 Å². The molecule has 27 heavy (non-hydrogen) atoms. The summed E-state index contributed by atoms with van der Waals surface area (Å²) < 4.78 is 5.46. The molecule has 2 atom stereocenters. The normalized spacial score (nSPS) is 24.4. The highest BCUT2D eigenvalue weighted by atomic mass is 16.5. The van der Waals surface area contributed by atoms with E-state index in [9.17, 15) is 14.7 Å². The van der Waals surface area contributed by atoms with E-state index in [-0.39, 0.29) is 18.4 Å². The van der Waals surface area contributed by atoms with Gasteiger partial charge in [0.2, 0.25) is 5.91 Å². The number of hydrogen-bond donors (Lipinski definition) is 1. The van der Waals surface area contributed by atoms with Crippen LogP contribution in [-0.2, 0) is 20.7 Å². The lowest BCUT2D eigenvalue weighted by molar-refractivity contribution is -0.157. The van der Waals surface area contributed by atoms with Gasteiger partial charge in [-0.25, -0.2) is 0 Å². The van der Waals surface area contributed by atoms with Gasteiger partial charge in [0.15, 0.2) is 0 Å². The van der Waals surface area contributed by atoms with Gasteiger partial charge in [0, 0.05) is 25.6 Å². The Morgan fingerprint density at radius 3 is 2.44 bits per heavy atom. The van der Waals surface area contributed by atoms with E-state index >= 15 is 0 Å². The first-order chi connectivity index (χ1) is 13.1. The van der Waals surface area contributed by atoms with Gasteiger partial charge in [-0.2, -0.15) is 0 Å². The summed E-state index contributed by atoms with van der Waals surface area (Å²) in [5.41, 5.74) is 2.35. The first-order valence-electron chi connectivity index (χ1n) is 9.32. The number of carboxylic acid groups (broad SMARTS) is 1. The number of benzene rings is 2. The molecule has 4 rings (SSSR count). The summed E-state index contributed by atoms with van der Waals surface area (Å²) in [6, 6.07) is 18.1. The summed E-state index contributed by atoms with van der Waals surface area (Å²) in [4.78, 5) is 26.3. The Bertz CT molecular complexity index is 833. The van der Waals surface area contributed by atoms with Gasteiger partial charge in [-0.15, -0.1) is 0 Å². The van der Waals surface area contributed by atoms with Crippen molar-refractivity contribution in [3.63, 3.8) is 0 Å². The van der Waals surface area contributed by atoms with E-state index in [1.165, 1.54) is 0 Å². The molecule has 0 saturated carbocycles. The standard InChI is InChI=1S/C22H23NO4/c24-20(23-13-19-14-27-11-10-22(19,15-23)21(25)26)12-16-6-8-18(9-7-16)17-4-2-1-3-5-17/h1-9,19H,10-15H2,(H,25,26)/t19-,22+/m1/s1. The van der Waals surface area contributed by atoms with Gasteiger partial charge in [0.05, 0.1) is 18.4 Å². The van der Waals surface area contributed by atoms with Crippen LogP contribution in [0.25, 0.3) is 11.1 Å². The van der Waals surface area contributed by atoms with Crippen LogP contribution in [0.3, 0.4) is 0 Å². The number of carboxylic acids is 1. The quantitative estimate of drug-likeness (QED) is 0.905. The van der Waals surface area contributed by atoms with Crippen molar-refractivity contribution in [1.82, 2.24) is 4.90 Å². The molecular weight excluding hydrogens is 342 g/mol. The lowest BCUT2D eigenvalue weighted by Gasteiger charge is -2.33. The van der Waals surface area contributed by atoms with Gasteiger partial charge < -0.3 is 14.7 Å². The minimum absolute atomic E-state index is 0.0162. The topological polar surface area (TPSA) is 66.8 Å². The Hall–Kier alpha value is -2.66. The van der Waals surface area contributed by atoms with Crippen LogP contribution in [0.15, 0.2) is 54.6 Å². The molecule has 0 radical (unpaired) electrons. The number of carbonyl (C=O) groups is 2. The molecule has 0 unspecified atom stereocenters. The highest BCUT2D eigenvalue weighted by molar-refractivity contribution is 5.82. The average molecular weight is 365 g/mol. The highest BCUT2D eigenvalue weighted by Crippen LogP contribution is 2.42. The van der Waals surface area contributed by atoms with Crippen molar-refractivity contribution in [1.29, 1.82) is 0 Å². The highest BCUT2D eigenvalue weighted by Gasteiger charge is 2.54. The lowest BCUT2D eigenvalue weighted by atomic mass is 9.74. The monoisotopic (exact) mass is 365 g/mol. The maximum absolute atomic E-state index is 12.8. The fraction of sp³-hybridized carbons (Fsp3) is 0.364.